The summed E-state index contributed by atoms with van der Waals surface area (Å²) in [7, 11) is 0. The monoisotopic (exact) mass is 365 g/mol. The Kier molecular flexibility index (Phi) is 4.45. The van der Waals surface area contributed by atoms with E-state index in [1.807, 2.05) is 0 Å². The number of H-pyrrole nitrogens is 1. The summed E-state index contributed by atoms with van der Waals surface area (Å²) in [6.45, 7) is 0. The van der Waals surface area contributed by atoms with Crippen LogP contribution in [0.4, 0.5) is 17.6 Å². The first-order valence-electron chi connectivity index (χ1n) is 7.32. The van der Waals surface area contributed by atoms with Crippen molar-refractivity contribution in [1.82, 2.24) is 15.2 Å². The van der Waals surface area contributed by atoms with Gasteiger partial charge in [-0.25, -0.2) is 9.18 Å². The van der Waals surface area contributed by atoms with Crippen molar-refractivity contribution in [2.75, 3.05) is 0 Å². The lowest BCUT2D eigenvalue weighted by Gasteiger charge is -2.10. The Morgan fingerprint density at radius 2 is 1.92 bits per heavy atom. The van der Waals surface area contributed by atoms with E-state index in [0.717, 1.165) is 18.3 Å². The number of nitrogens with zero attached hydrogens (tertiary/aromatic N) is 2. The van der Waals surface area contributed by atoms with Gasteiger partial charge in [0.15, 0.2) is 0 Å². The Balaban J connectivity index is 1.94. The first kappa shape index (κ1) is 17.6. The second kappa shape index (κ2) is 6.58. The predicted molar refractivity (Wildman–Crippen MR) is 83.0 cm³/mol. The molecule has 0 saturated carbocycles. The highest BCUT2D eigenvalue weighted by Gasteiger charge is 2.31. The first-order chi connectivity index (χ1) is 12.2. The maximum Gasteiger partial charge on any atom is 0.416 e. The van der Waals surface area contributed by atoms with Gasteiger partial charge < -0.3 is 5.11 Å². The van der Waals surface area contributed by atoms with Crippen LogP contribution in [0.15, 0.2) is 42.7 Å². The fourth-order valence-electron chi connectivity index (χ4n) is 2.52. The van der Waals surface area contributed by atoms with Crippen molar-refractivity contribution in [1.29, 1.82) is 0 Å². The van der Waals surface area contributed by atoms with Crippen molar-refractivity contribution in [3.63, 3.8) is 0 Å². The summed E-state index contributed by atoms with van der Waals surface area (Å²) in [6, 6.07) is 5.40. The fraction of sp³-hybridized carbons (Fsp3) is 0.118. The molecule has 26 heavy (non-hydrogen) atoms. The third kappa shape index (κ3) is 3.71. The Hall–Kier alpha value is -3.23. The van der Waals surface area contributed by atoms with E-state index in [-0.39, 0.29) is 28.9 Å². The largest absolute Gasteiger partial charge is 0.478 e. The summed E-state index contributed by atoms with van der Waals surface area (Å²) in [5, 5.41) is 15.3. The topological polar surface area (TPSA) is 78.9 Å². The number of hydrogen-bond donors (Lipinski definition) is 2. The van der Waals surface area contributed by atoms with E-state index >= 15 is 0 Å². The molecule has 5 nitrogen and oxygen atoms in total. The molecule has 0 fully saturated rings. The summed E-state index contributed by atoms with van der Waals surface area (Å²) in [6.07, 6.45) is -2.10. The Morgan fingerprint density at radius 1 is 1.15 bits per heavy atom. The molecule has 3 rings (SSSR count). The van der Waals surface area contributed by atoms with Gasteiger partial charge >= 0.3 is 12.1 Å². The SMILES string of the molecule is O=C(O)c1cn[nH]c1-c1cc(Cc2cc(F)cc(C(F)(F)F)c2)ccn1. The van der Waals surface area contributed by atoms with E-state index in [4.69, 9.17) is 5.11 Å². The maximum atomic E-state index is 13.5. The lowest BCUT2D eigenvalue weighted by atomic mass is 10.0. The van der Waals surface area contributed by atoms with Crippen molar-refractivity contribution < 1.29 is 27.5 Å². The minimum Gasteiger partial charge on any atom is -0.478 e. The lowest BCUT2D eigenvalue weighted by molar-refractivity contribution is -0.137. The number of benzene rings is 1. The molecule has 0 spiro atoms. The molecule has 0 aliphatic carbocycles. The van der Waals surface area contributed by atoms with E-state index in [1.165, 1.54) is 12.3 Å². The molecule has 9 heteroatoms. The third-order valence-corrected chi connectivity index (χ3v) is 3.64. The zero-order chi connectivity index (χ0) is 18.9. The molecule has 2 aromatic heterocycles. The normalized spacial score (nSPS) is 11.5. The van der Waals surface area contributed by atoms with Gasteiger partial charge in [-0.1, -0.05) is 0 Å². The molecule has 134 valence electrons. The molecule has 2 heterocycles. The standard InChI is InChI=1S/C17H11F4N3O2/c18-12-5-10(4-11(7-12)17(19,20)21)3-9-1-2-22-14(6-9)15-13(16(25)26)8-23-24-15/h1-2,4-8H,3H2,(H,23,24)(H,25,26). The van der Waals surface area contributed by atoms with Crippen LogP contribution in [0, 0.1) is 5.82 Å². The van der Waals surface area contributed by atoms with Crippen molar-refractivity contribution in [2.24, 2.45) is 0 Å². The van der Waals surface area contributed by atoms with Crippen molar-refractivity contribution in [3.05, 3.63) is 70.8 Å². The quantitative estimate of drug-likeness (QED) is 0.687. The molecule has 2 N–H and O–H groups in total. The van der Waals surface area contributed by atoms with Gasteiger partial charge in [0.25, 0.3) is 0 Å². The Morgan fingerprint density at radius 3 is 2.62 bits per heavy atom. The number of pyridine rings is 1. The first-order valence-corrected chi connectivity index (χ1v) is 7.32. The van der Waals surface area contributed by atoms with E-state index in [9.17, 15) is 22.4 Å². The van der Waals surface area contributed by atoms with Crippen molar-refractivity contribution in [2.45, 2.75) is 12.6 Å². The van der Waals surface area contributed by atoms with Crippen molar-refractivity contribution in [3.8, 4) is 11.4 Å². The van der Waals surface area contributed by atoms with Gasteiger partial charge in [0, 0.05) is 6.20 Å². The van der Waals surface area contributed by atoms with E-state index in [0.29, 0.717) is 11.6 Å². The highest BCUT2D eigenvalue weighted by Crippen LogP contribution is 2.31. The third-order valence-electron chi connectivity index (χ3n) is 3.64. The van der Waals surface area contributed by atoms with Crippen LogP contribution in [0.3, 0.4) is 0 Å². The number of aromatic carboxylic acids is 1. The van der Waals surface area contributed by atoms with E-state index in [1.54, 1.807) is 6.07 Å². The van der Waals surface area contributed by atoms with Gasteiger partial charge in [-0.15, -0.1) is 0 Å². The zero-order valence-corrected chi connectivity index (χ0v) is 13.0. The number of hydrogen-bond acceptors (Lipinski definition) is 3. The van der Waals surface area contributed by atoms with Crippen LogP contribution in [-0.4, -0.2) is 26.3 Å². The predicted octanol–water partition coefficient (Wildman–Crippen LogP) is 3.92. The number of carboxylic acid groups (broad SMARTS) is 1. The van der Waals surface area contributed by atoms with Gasteiger partial charge in [0.2, 0.25) is 0 Å². The summed E-state index contributed by atoms with van der Waals surface area (Å²) in [4.78, 5) is 15.2. The van der Waals surface area contributed by atoms with Crippen LogP contribution in [0.25, 0.3) is 11.4 Å². The number of carboxylic acids is 1. The number of carbonyl (C=O) groups is 1. The molecular formula is C17H11F4N3O2. The number of aromatic nitrogens is 3. The van der Waals surface area contributed by atoms with Gasteiger partial charge in [0.1, 0.15) is 11.4 Å². The average Bonchev–Trinajstić information content (AvgIpc) is 3.03. The minimum atomic E-state index is -4.65. The van der Waals surface area contributed by atoms with Crippen LogP contribution < -0.4 is 0 Å². The van der Waals surface area contributed by atoms with Crippen LogP contribution in [-0.2, 0) is 12.6 Å². The zero-order valence-electron chi connectivity index (χ0n) is 13.0. The molecule has 0 unspecified atom stereocenters. The molecule has 0 bridgehead atoms. The second-order valence-corrected chi connectivity index (χ2v) is 5.54. The number of nitrogens with one attached hydrogen (secondary N) is 1. The summed E-state index contributed by atoms with van der Waals surface area (Å²) < 4.78 is 52.0. The van der Waals surface area contributed by atoms with Gasteiger partial charge in [-0.2, -0.15) is 18.3 Å². The molecule has 1 aromatic carbocycles. The average molecular weight is 365 g/mol. The van der Waals surface area contributed by atoms with Crippen molar-refractivity contribution >= 4 is 5.97 Å². The molecule has 0 saturated heterocycles. The van der Waals surface area contributed by atoms with Crippen LogP contribution in [0.1, 0.15) is 27.0 Å². The molecule has 0 aliphatic rings. The molecule has 0 atom stereocenters. The Labute approximate surface area is 144 Å². The lowest BCUT2D eigenvalue weighted by Crippen LogP contribution is -2.06. The molecule has 0 amide bonds. The molecule has 0 radical (unpaired) electrons. The van der Waals surface area contributed by atoms with Crippen LogP contribution >= 0.6 is 0 Å². The summed E-state index contributed by atoms with van der Waals surface area (Å²) >= 11 is 0. The minimum absolute atomic E-state index is 0.0207. The number of alkyl halides is 3. The highest BCUT2D eigenvalue weighted by atomic mass is 19.4. The van der Waals surface area contributed by atoms with Gasteiger partial charge in [-0.3, -0.25) is 10.1 Å². The molecule has 0 aliphatic heterocycles. The number of aromatic amines is 1. The summed E-state index contributed by atoms with van der Waals surface area (Å²) in [5.74, 6) is -2.17. The van der Waals surface area contributed by atoms with E-state index in [2.05, 4.69) is 15.2 Å². The molecular weight excluding hydrogens is 354 g/mol. The van der Waals surface area contributed by atoms with Crippen LogP contribution in [0.5, 0.6) is 0 Å². The highest BCUT2D eigenvalue weighted by molar-refractivity contribution is 5.94. The number of halogens is 4. The molecule has 3 aromatic rings. The second-order valence-electron chi connectivity index (χ2n) is 5.54. The fourth-order valence-corrected chi connectivity index (χ4v) is 2.52. The van der Waals surface area contributed by atoms with Crippen LogP contribution in [0.2, 0.25) is 0 Å². The van der Waals surface area contributed by atoms with E-state index < -0.39 is 23.5 Å². The smallest absolute Gasteiger partial charge is 0.416 e. The van der Waals surface area contributed by atoms with Gasteiger partial charge in [0.05, 0.1) is 23.1 Å². The Bertz CT molecular complexity index is 967. The number of rotatable bonds is 4. The summed E-state index contributed by atoms with van der Waals surface area (Å²) in [5.41, 5.74) is -0.0279. The van der Waals surface area contributed by atoms with Gasteiger partial charge in [-0.05, 0) is 47.9 Å². The maximum absolute atomic E-state index is 13.5.